The number of hydrogen-bond donors (Lipinski definition) is 0. The van der Waals surface area contributed by atoms with Crippen LogP contribution in [-0.2, 0) is 9.59 Å². The van der Waals surface area contributed by atoms with Gasteiger partial charge in [0.05, 0.1) is 17.5 Å². The van der Waals surface area contributed by atoms with E-state index >= 15 is 0 Å². The molecule has 0 radical (unpaired) electrons. The molecule has 2 saturated carbocycles. The van der Waals surface area contributed by atoms with Gasteiger partial charge in [0.15, 0.2) is 5.13 Å². The topological polar surface area (TPSA) is 50.3 Å². The maximum atomic E-state index is 13.3. The molecular formula is C22H22N2O2S. The first-order valence-corrected chi connectivity index (χ1v) is 10.4. The first kappa shape index (κ1) is 16.9. The number of carbonyl (C=O) groups is 2. The monoisotopic (exact) mass is 378 g/mol. The van der Waals surface area contributed by atoms with E-state index in [4.69, 9.17) is 4.98 Å². The fourth-order valence-corrected chi connectivity index (χ4v) is 6.46. The van der Waals surface area contributed by atoms with Gasteiger partial charge in [-0.1, -0.05) is 41.5 Å². The van der Waals surface area contributed by atoms with Crippen LogP contribution in [0.1, 0.15) is 31.6 Å². The summed E-state index contributed by atoms with van der Waals surface area (Å²) >= 11 is 1.44. The first-order chi connectivity index (χ1) is 13.0. The third kappa shape index (κ3) is 2.24. The van der Waals surface area contributed by atoms with Crippen molar-refractivity contribution in [3.63, 3.8) is 0 Å². The number of allylic oxidation sites excluding steroid dienone is 2. The van der Waals surface area contributed by atoms with Crippen LogP contribution < -0.4 is 4.90 Å². The van der Waals surface area contributed by atoms with E-state index in [0.717, 1.165) is 29.0 Å². The molecule has 4 nitrogen and oxygen atoms in total. The standard InChI is InChI=1S/C22H22N2O2S/c1-11(2)16-14-9-10-15(16)18-17(14)20(25)24(21(18)26)22-23-19(12(3)27-22)13-7-5-4-6-8-13/h4-8,14-15,17-18H,9-10H2,1-3H3/t14-,15-,17+,18+/m1/s1. The molecule has 2 aliphatic carbocycles. The van der Waals surface area contributed by atoms with Gasteiger partial charge in [-0.05, 0) is 45.4 Å². The van der Waals surface area contributed by atoms with Gasteiger partial charge in [-0.2, -0.15) is 0 Å². The Bertz CT molecular complexity index is 955. The van der Waals surface area contributed by atoms with Gasteiger partial charge in [0.1, 0.15) is 0 Å². The zero-order valence-electron chi connectivity index (χ0n) is 15.7. The second-order valence-corrected chi connectivity index (χ2v) is 9.26. The molecular weight excluding hydrogens is 356 g/mol. The molecule has 2 amide bonds. The van der Waals surface area contributed by atoms with E-state index in [1.807, 2.05) is 37.3 Å². The quantitative estimate of drug-likeness (QED) is 0.567. The smallest absolute Gasteiger partial charge is 0.240 e. The van der Waals surface area contributed by atoms with E-state index in [-0.39, 0.29) is 35.5 Å². The molecule has 1 aliphatic heterocycles. The lowest BCUT2D eigenvalue weighted by Crippen LogP contribution is -2.33. The molecule has 1 aromatic heterocycles. The molecule has 5 heteroatoms. The lowest BCUT2D eigenvalue weighted by Gasteiger charge is -2.18. The number of benzene rings is 1. The Hall–Kier alpha value is -2.27. The number of hydrogen-bond acceptors (Lipinski definition) is 4. The predicted molar refractivity (Wildman–Crippen MR) is 106 cm³/mol. The van der Waals surface area contributed by atoms with Gasteiger partial charge in [-0.3, -0.25) is 9.59 Å². The van der Waals surface area contributed by atoms with Crippen molar-refractivity contribution < 1.29 is 9.59 Å². The van der Waals surface area contributed by atoms with Gasteiger partial charge in [0.2, 0.25) is 11.8 Å². The number of anilines is 1. The van der Waals surface area contributed by atoms with Gasteiger partial charge in [0.25, 0.3) is 0 Å². The number of fused-ring (bicyclic) bond motifs is 5. The number of amides is 2. The summed E-state index contributed by atoms with van der Waals surface area (Å²) in [5, 5.41) is 0.536. The molecule has 2 aromatic rings. The molecule has 2 bridgehead atoms. The number of carbonyl (C=O) groups excluding carboxylic acids is 2. The molecule has 0 spiro atoms. The van der Waals surface area contributed by atoms with Crippen molar-refractivity contribution in [1.29, 1.82) is 0 Å². The zero-order valence-corrected chi connectivity index (χ0v) is 16.5. The molecule has 138 valence electrons. The van der Waals surface area contributed by atoms with Crippen LogP contribution in [0.5, 0.6) is 0 Å². The highest BCUT2D eigenvalue weighted by atomic mass is 32.1. The maximum absolute atomic E-state index is 13.3. The van der Waals surface area contributed by atoms with Crippen LogP contribution in [0.15, 0.2) is 41.5 Å². The normalized spacial score (nSPS) is 29.0. The van der Waals surface area contributed by atoms with E-state index in [0.29, 0.717) is 5.13 Å². The van der Waals surface area contributed by atoms with Gasteiger partial charge >= 0.3 is 0 Å². The number of thiazole rings is 1. The second-order valence-electron chi connectivity index (χ2n) is 8.08. The van der Waals surface area contributed by atoms with E-state index in [9.17, 15) is 9.59 Å². The Morgan fingerprint density at radius 1 is 1.04 bits per heavy atom. The summed E-state index contributed by atoms with van der Waals surface area (Å²) in [7, 11) is 0. The zero-order chi connectivity index (χ0) is 18.9. The second kappa shape index (κ2) is 5.86. The summed E-state index contributed by atoms with van der Waals surface area (Å²) in [6.45, 7) is 6.23. The van der Waals surface area contributed by atoms with Gasteiger partial charge in [0, 0.05) is 10.4 Å². The number of nitrogens with zero attached hydrogens (tertiary/aromatic N) is 2. The minimum Gasteiger partial charge on any atom is -0.274 e. The van der Waals surface area contributed by atoms with Crippen LogP contribution in [0.4, 0.5) is 5.13 Å². The summed E-state index contributed by atoms with van der Waals surface area (Å²) in [5.41, 5.74) is 4.55. The van der Waals surface area contributed by atoms with Crippen LogP contribution in [0.25, 0.3) is 11.3 Å². The molecule has 1 aromatic carbocycles. The molecule has 3 aliphatic rings. The Morgan fingerprint density at radius 2 is 1.63 bits per heavy atom. The van der Waals surface area contributed by atoms with Gasteiger partial charge < -0.3 is 0 Å². The van der Waals surface area contributed by atoms with Crippen molar-refractivity contribution in [2.75, 3.05) is 4.90 Å². The Balaban J connectivity index is 1.53. The lowest BCUT2D eigenvalue weighted by atomic mass is 9.81. The highest BCUT2D eigenvalue weighted by Gasteiger charge is 2.64. The fourth-order valence-electron chi connectivity index (χ4n) is 5.52. The number of aromatic nitrogens is 1. The average Bonchev–Trinajstić information content (AvgIpc) is 3.37. The van der Waals surface area contributed by atoms with Crippen LogP contribution >= 0.6 is 11.3 Å². The van der Waals surface area contributed by atoms with Crippen LogP contribution in [0.3, 0.4) is 0 Å². The Kier molecular flexibility index (Phi) is 3.66. The van der Waals surface area contributed by atoms with Crippen molar-refractivity contribution in [2.24, 2.45) is 23.7 Å². The number of aryl methyl sites for hydroxylation is 1. The van der Waals surface area contributed by atoms with Crippen LogP contribution in [0.2, 0.25) is 0 Å². The van der Waals surface area contributed by atoms with E-state index in [1.165, 1.54) is 27.4 Å². The van der Waals surface area contributed by atoms with Crippen molar-refractivity contribution >= 4 is 28.3 Å². The van der Waals surface area contributed by atoms with Crippen molar-refractivity contribution in [3.05, 3.63) is 46.4 Å². The molecule has 5 rings (SSSR count). The summed E-state index contributed by atoms with van der Waals surface area (Å²) in [6.07, 6.45) is 2.07. The molecule has 2 heterocycles. The largest absolute Gasteiger partial charge is 0.274 e. The molecule has 1 saturated heterocycles. The fraction of sp³-hybridized carbons (Fsp3) is 0.409. The summed E-state index contributed by atoms with van der Waals surface area (Å²) < 4.78 is 0. The average molecular weight is 378 g/mol. The van der Waals surface area contributed by atoms with Gasteiger partial charge in [-0.15, -0.1) is 11.3 Å². The lowest BCUT2D eigenvalue weighted by molar-refractivity contribution is -0.123. The first-order valence-electron chi connectivity index (χ1n) is 9.57. The third-order valence-electron chi connectivity index (χ3n) is 6.45. The summed E-state index contributed by atoms with van der Waals surface area (Å²) in [4.78, 5) is 33.7. The van der Waals surface area contributed by atoms with Crippen molar-refractivity contribution in [1.82, 2.24) is 4.98 Å². The third-order valence-corrected chi connectivity index (χ3v) is 7.41. The predicted octanol–water partition coefficient (Wildman–Crippen LogP) is 4.60. The molecule has 27 heavy (non-hydrogen) atoms. The van der Waals surface area contributed by atoms with E-state index in [2.05, 4.69) is 13.8 Å². The molecule has 0 unspecified atom stereocenters. The van der Waals surface area contributed by atoms with E-state index in [1.54, 1.807) is 0 Å². The van der Waals surface area contributed by atoms with Crippen molar-refractivity contribution in [2.45, 2.75) is 33.6 Å². The molecule has 4 atom stereocenters. The minimum absolute atomic E-state index is 0.0377. The molecule has 3 fully saturated rings. The van der Waals surface area contributed by atoms with Crippen molar-refractivity contribution in [3.8, 4) is 11.3 Å². The minimum atomic E-state index is -0.175. The molecule has 0 N–H and O–H groups in total. The van der Waals surface area contributed by atoms with E-state index < -0.39 is 0 Å². The number of imide groups is 1. The van der Waals surface area contributed by atoms with Crippen LogP contribution in [0, 0.1) is 30.6 Å². The number of rotatable bonds is 2. The Morgan fingerprint density at radius 3 is 2.19 bits per heavy atom. The SMILES string of the molecule is CC(C)=C1[C@H]2CC[C@H]1[C@@H]1C(=O)N(c3nc(-c4ccccc4)c(C)s3)C(=O)[C@H]12. The Labute approximate surface area is 162 Å². The van der Waals surface area contributed by atoms with Gasteiger partial charge in [-0.25, -0.2) is 9.88 Å². The highest BCUT2D eigenvalue weighted by Crippen LogP contribution is 2.60. The van der Waals surface area contributed by atoms with Crippen LogP contribution in [-0.4, -0.2) is 16.8 Å². The maximum Gasteiger partial charge on any atom is 0.240 e. The summed E-state index contributed by atoms with van der Waals surface area (Å²) in [5.74, 6) is 0.0758. The highest BCUT2D eigenvalue weighted by molar-refractivity contribution is 7.16. The summed E-state index contributed by atoms with van der Waals surface area (Å²) in [6, 6.07) is 9.94.